The van der Waals surface area contributed by atoms with E-state index < -0.39 is 13.9 Å². The van der Waals surface area contributed by atoms with Crippen LogP contribution in [-0.2, 0) is 23.1 Å². The molecule has 2 atom stereocenters. The van der Waals surface area contributed by atoms with Crippen LogP contribution in [-0.4, -0.2) is 87.4 Å². The fourth-order valence-electron chi connectivity index (χ4n) is 4.46. The summed E-state index contributed by atoms with van der Waals surface area (Å²) in [7, 11) is 3.57. The molecule has 0 aliphatic carbocycles. The van der Waals surface area contributed by atoms with E-state index in [1.807, 2.05) is 0 Å². The average Bonchev–Trinajstić information content (AvgIpc) is 2.85. The van der Waals surface area contributed by atoms with E-state index in [-0.39, 0.29) is 25.7 Å². The van der Waals surface area contributed by atoms with Crippen LogP contribution in [0.2, 0.25) is 0 Å². The van der Waals surface area contributed by atoms with Crippen molar-refractivity contribution in [1.29, 1.82) is 0 Å². The van der Waals surface area contributed by atoms with E-state index in [1.165, 1.54) is 102 Å². The highest BCUT2D eigenvalue weighted by molar-refractivity contribution is 7.47. The number of ether oxygens (including phenoxy) is 1. The molecule has 234 valence electrons. The Balaban J connectivity index is 3.93. The van der Waals surface area contributed by atoms with Gasteiger partial charge in [-0.2, -0.15) is 0 Å². The van der Waals surface area contributed by atoms with Gasteiger partial charge in [0.25, 0.3) is 0 Å². The summed E-state index contributed by atoms with van der Waals surface area (Å²) in [4.78, 5) is 23.3. The summed E-state index contributed by atoms with van der Waals surface area (Å²) < 4.78 is 29.5. The first-order valence-corrected chi connectivity index (χ1v) is 17.2. The number of rotatable bonds is 28. The van der Waals surface area contributed by atoms with Crippen molar-refractivity contribution in [3.63, 3.8) is 0 Å². The van der Waals surface area contributed by atoms with Crippen LogP contribution < -0.4 is 0 Å². The Kier molecular flexibility index (Phi) is 23.8. The van der Waals surface area contributed by atoms with Gasteiger partial charge < -0.3 is 19.0 Å². The van der Waals surface area contributed by atoms with Crippen molar-refractivity contribution >= 4 is 13.7 Å². The van der Waals surface area contributed by atoms with Crippen molar-refractivity contribution in [1.82, 2.24) is 4.90 Å². The van der Waals surface area contributed by atoms with Crippen LogP contribution in [0.5, 0.6) is 0 Å². The van der Waals surface area contributed by atoms with Gasteiger partial charge in [0.1, 0.15) is 6.10 Å². The van der Waals surface area contributed by atoms with Crippen molar-refractivity contribution in [2.24, 2.45) is 0 Å². The molecule has 0 saturated heterocycles. The number of nitrogens with zero attached hydrogens (tertiary/aromatic N) is 2. The molecule has 1 N–H and O–H groups in total. The number of carbonyl (C=O) groups is 1. The van der Waals surface area contributed by atoms with Gasteiger partial charge >= 0.3 is 7.82 Å². The van der Waals surface area contributed by atoms with Gasteiger partial charge in [-0.3, -0.25) is 13.8 Å². The molecule has 0 aromatic heterocycles. The van der Waals surface area contributed by atoms with Crippen molar-refractivity contribution in [3.8, 4) is 0 Å². The Bertz CT molecular complexity index is 629. The van der Waals surface area contributed by atoms with Crippen molar-refractivity contribution < 1.29 is 32.5 Å². The number of amides is 1. The molecule has 2 unspecified atom stereocenters. The molecule has 0 radical (unpaired) electrons. The molecule has 0 heterocycles. The zero-order valence-corrected chi connectivity index (χ0v) is 27.4. The Hall–Kier alpha value is -0.500. The summed E-state index contributed by atoms with van der Waals surface area (Å²) in [5, 5.41) is 0. The second-order valence-corrected chi connectivity index (χ2v) is 13.6. The molecule has 0 fully saturated rings. The second-order valence-electron chi connectivity index (χ2n) is 12.2. The Morgan fingerprint density at radius 3 is 1.69 bits per heavy atom. The Morgan fingerprint density at radius 2 is 1.26 bits per heavy atom. The largest absolute Gasteiger partial charge is 0.472 e. The monoisotopic (exact) mass is 579 g/mol. The van der Waals surface area contributed by atoms with Gasteiger partial charge in [-0.05, 0) is 6.42 Å². The first-order chi connectivity index (χ1) is 18.5. The lowest BCUT2D eigenvalue weighted by Gasteiger charge is -2.26. The highest BCUT2D eigenvalue weighted by Crippen LogP contribution is 2.44. The van der Waals surface area contributed by atoms with Gasteiger partial charge in [-0.15, -0.1) is 0 Å². The second kappa shape index (κ2) is 24.1. The fraction of sp³-hybridized carbons (Fsp3) is 0.967. The smallest absolute Gasteiger partial charge is 0.379 e. The molecule has 0 aromatic carbocycles. The maximum absolute atomic E-state index is 12.4. The minimum atomic E-state index is -4.24. The molecule has 0 aromatic rings. The maximum Gasteiger partial charge on any atom is 0.472 e. The molecule has 0 saturated carbocycles. The van der Waals surface area contributed by atoms with Gasteiger partial charge in [0.2, 0.25) is 5.91 Å². The first kappa shape index (κ1) is 38.5. The number of quaternary nitrogens is 1. The first-order valence-electron chi connectivity index (χ1n) is 15.7. The van der Waals surface area contributed by atoms with E-state index in [2.05, 4.69) is 28.1 Å². The number of hydrogen-bond acceptors (Lipinski definition) is 5. The number of unbranched alkanes of at least 4 members (excludes halogenated alkanes) is 15. The number of carbonyl (C=O) groups excluding carboxylic acids is 1. The lowest BCUT2D eigenvalue weighted by Crippen LogP contribution is -2.37. The van der Waals surface area contributed by atoms with Crippen LogP contribution >= 0.6 is 7.82 Å². The van der Waals surface area contributed by atoms with Crippen LogP contribution in [0.25, 0.3) is 0 Å². The molecule has 0 spiro atoms. The van der Waals surface area contributed by atoms with E-state index in [4.69, 9.17) is 13.8 Å². The van der Waals surface area contributed by atoms with Crippen LogP contribution in [0.4, 0.5) is 0 Å². The van der Waals surface area contributed by atoms with Crippen LogP contribution in [0.1, 0.15) is 123 Å². The fourth-order valence-corrected chi connectivity index (χ4v) is 5.38. The number of phosphoric acid groups is 1. The van der Waals surface area contributed by atoms with Gasteiger partial charge in [0, 0.05) is 33.5 Å². The quantitative estimate of drug-likeness (QED) is 0.0593. The lowest BCUT2D eigenvalue weighted by atomic mass is 10.0. The Morgan fingerprint density at radius 1 is 0.795 bits per heavy atom. The van der Waals surface area contributed by atoms with Crippen LogP contribution in [0.3, 0.4) is 0 Å². The SMILES string of the molecule is CCCCCCCCCCCCCCCCCCOCC(CN(C)C(C)=O)OP(=O)(O)OCCC[N+](C)(C)C. The molecule has 0 bridgehead atoms. The van der Waals surface area contributed by atoms with E-state index in [9.17, 15) is 14.3 Å². The zero-order valence-electron chi connectivity index (χ0n) is 26.5. The van der Waals surface area contributed by atoms with E-state index in [1.54, 1.807) is 7.05 Å². The van der Waals surface area contributed by atoms with Crippen molar-refractivity contribution in [2.45, 2.75) is 129 Å². The highest BCUT2D eigenvalue weighted by atomic mass is 31.2. The highest BCUT2D eigenvalue weighted by Gasteiger charge is 2.28. The lowest BCUT2D eigenvalue weighted by molar-refractivity contribution is -0.870. The molecule has 9 heteroatoms. The number of hydrogen-bond donors (Lipinski definition) is 1. The number of likely N-dealkylation sites (N-methyl/N-ethyl adjacent to an activating group) is 1. The summed E-state index contributed by atoms with van der Waals surface area (Å²) in [6.45, 7) is 5.56. The third kappa shape index (κ3) is 27.4. The molecule has 0 rings (SSSR count). The Labute approximate surface area is 241 Å². The van der Waals surface area contributed by atoms with Crippen molar-refractivity contribution in [3.05, 3.63) is 0 Å². The standard InChI is InChI=1S/C30H63N2O6P/c1-7-8-9-10-11-12-13-14-15-16-17-18-19-20-21-22-25-36-28-30(27-31(3)29(2)33)38-39(34,35)37-26-23-24-32(4,5)6/h30H,7-28H2,1-6H3/p+1. The molecular formula is C30H64N2O6P+. The van der Waals surface area contributed by atoms with Gasteiger partial charge in [-0.1, -0.05) is 103 Å². The van der Waals surface area contributed by atoms with Crippen molar-refractivity contribution in [2.75, 3.05) is 61.1 Å². The molecule has 1 amide bonds. The summed E-state index contributed by atoms with van der Waals surface area (Å²) >= 11 is 0. The molecule has 0 aliphatic heterocycles. The zero-order chi connectivity index (χ0) is 29.4. The van der Waals surface area contributed by atoms with Gasteiger partial charge in [0.15, 0.2) is 0 Å². The maximum atomic E-state index is 12.4. The van der Waals surface area contributed by atoms with Crippen LogP contribution in [0, 0.1) is 0 Å². The van der Waals surface area contributed by atoms with E-state index >= 15 is 0 Å². The molecule has 0 aliphatic rings. The number of phosphoric ester groups is 1. The third-order valence-electron chi connectivity index (χ3n) is 6.97. The van der Waals surface area contributed by atoms with Crippen LogP contribution in [0.15, 0.2) is 0 Å². The predicted molar refractivity (Wildman–Crippen MR) is 162 cm³/mol. The summed E-state index contributed by atoms with van der Waals surface area (Å²) in [5.41, 5.74) is 0. The van der Waals surface area contributed by atoms with Gasteiger partial charge in [-0.25, -0.2) is 4.57 Å². The van der Waals surface area contributed by atoms with E-state index in [0.29, 0.717) is 13.0 Å². The molecule has 39 heavy (non-hydrogen) atoms. The average molecular weight is 580 g/mol. The molecular weight excluding hydrogens is 515 g/mol. The topological polar surface area (TPSA) is 85.3 Å². The van der Waals surface area contributed by atoms with E-state index in [0.717, 1.165) is 23.9 Å². The van der Waals surface area contributed by atoms with Gasteiger partial charge in [0.05, 0.1) is 40.9 Å². The minimum Gasteiger partial charge on any atom is -0.379 e. The third-order valence-corrected chi connectivity index (χ3v) is 8.04. The molecule has 8 nitrogen and oxygen atoms in total. The normalized spacial score (nSPS) is 14.3. The minimum absolute atomic E-state index is 0.138. The summed E-state index contributed by atoms with van der Waals surface area (Å²) in [6.07, 6.45) is 21.0. The predicted octanol–water partition coefficient (Wildman–Crippen LogP) is 7.34. The summed E-state index contributed by atoms with van der Waals surface area (Å²) in [5.74, 6) is -0.141. The summed E-state index contributed by atoms with van der Waals surface area (Å²) in [6, 6.07) is 0.